The molecule has 0 bridgehead atoms. The van der Waals surface area contributed by atoms with Crippen LogP contribution in [0, 0.1) is 5.92 Å². The van der Waals surface area contributed by atoms with Gasteiger partial charge >= 0.3 is 18.0 Å². The molecule has 3 rings (SSSR count). The molecule has 1 amide bonds. The standard InChI is InChI=1S/C30H38N2O6/c1-6-24-29(25(33)34,31-27(37)38-28(3,4)5)20-32(30(24,7-2)26(35)36)19-23-17-15-22(16-18-23)14-13-21-11-9-8-10-12-21/h8-18,24H,6-7,19-20H2,1-5H3,(H,31,37)(H,33,34)(H,35,36)/t24?,29-,30+/m0/s1. The lowest BCUT2D eigenvalue weighted by Crippen LogP contribution is -2.63. The zero-order valence-corrected chi connectivity index (χ0v) is 22.7. The molecule has 0 aromatic heterocycles. The first-order valence-electron chi connectivity index (χ1n) is 12.9. The van der Waals surface area contributed by atoms with Gasteiger partial charge < -0.3 is 20.3 Å². The quantitative estimate of drug-likeness (QED) is 0.384. The molecule has 0 radical (unpaired) electrons. The summed E-state index contributed by atoms with van der Waals surface area (Å²) in [5, 5.41) is 23.5. The van der Waals surface area contributed by atoms with Crippen molar-refractivity contribution < 1.29 is 29.3 Å². The molecular formula is C30H38N2O6. The lowest BCUT2D eigenvalue weighted by molar-refractivity contribution is -0.154. The Hall–Kier alpha value is -3.65. The Labute approximate surface area is 224 Å². The minimum absolute atomic E-state index is 0.170. The number of hydrogen-bond acceptors (Lipinski definition) is 5. The van der Waals surface area contributed by atoms with Crippen LogP contribution in [0.3, 0.4) is 0 Å². The second kappa shape index (κ2) is 11.4. The van der Waals surface area contributed by atoms with Crippen LogP contribution in [0.25, 0.3) is 12.2 Å². The average Bonchev–Trinajstić information content (AvgIpc) is 3.13. The molecule has 1 unspecified atom stereocenters. The summed E-state index contributed by atoms with van der Waals surface area (Å²) in [6, 6.07) is 17.6. The molecule has 0 aliphatic carbocycles. The van der Waals surface area contributed by atoms with Gasteiger partial charge in [0.2, 0.25) is 0 Å². The number of amides is 1. The number of carboxylic acids is 2. The van der Waals surface area contributed by atoms with Crippen molar-refractivity contribution in [3.8, 4) is 0 Å². The number of alkyl carbamates (subject to hydrolysis) is 1. The fourth-order valence-corrected chi connectivity index (χ4v) is 5.56. The zero-order chi connectivity index (χ0) is 28.1. The molecule has 1 saturated heterocycles. The van der Waals surface area contributed by atoms with Gasteiger partial charge in [0.05, 0.1) is 0 Å². The first-order valence-corrected chi connectivity index (χ1v) is 12.9. The first kappa shape index (κ1) is 28.9. The summed E-state index contributed by atoms with van der Waals surface area (Å²) in [5.74, 6) is -3.28. The van der Waals surface area contributed by atoms with E-state index in [1.807, 2.05) is 66.7 Å². The minimum atomic E-state index is -1.83. The van der Waals surface area contributed by atoms with Crippen molar-refractivity contribution in [2.24, 2.45) is 5.92 Å². The number of nitrogens with one attached hydrogen (secondary N) is 1. The van der Waals surface area contributed by atoms with Crippen LogP contribution in [0.15, 0.2) is 54.6 Å². The molecule has 1 fully saturated rings. The highest BCUT2D eigenvalue weighted by Gasteiger charge is 2.67. The highest BCUT2D eigenvalue weighted by atomic mass is 16.6. The molecule has 8 nitrogen and oxygen atoms in total. The van der Waals surface area contributed by atoms with Crippen LogP contribution < -0.4 is 5.32 Å². The van der Waals surface area contributed by atoms with E-state index in [1.54, 1.807) is 39.5 Å². The summed E-state index contributed by atoms with van der Waals surface area (Å²) < 4.78 is 5.37. The molecule has 204 valence electrons. The Morgan fingerprint density at radius 3 is 2.03 bits per heavy atom. The van der Waals surface area contributed by atoms with Gasteiger partial charge in [0.1, 0.15) is 11.1 Å². The lowest BCUT2D eigenvalue weighted by Gasteiger charge is -2.39. The highest BCUT2D eigenvalue weighted by Crippen LogP contribution is 2.47. The van der Waals surface area contributed by atoms with E-state index in [4.69, 9.17) is 4.74 Å². The maximum atomic E-state index is 12.8. The molecular weight excluding hydrogens is 484 g/mol. The van der Waals surface area contributed by atoms with Gasteiger partial charge in [-0.05, 0) is 50.3 Å². The number of aliphatic carboxylic acids is 2. The topological polar surface area (TPSA) is 116 Å². The molecule has 3 N–H and O–H groups in total. The maximum Gasteiger partial charge on any atom is 0.408 e. The highest BCUT2D eigenvalue weighted by molar-refractivity contribution is 5.90. The van der Waals surface area contributed by atoms with Gasteiger partial charge in [0.25, 0.3) is 0 Å². The summed E-state index contributed by atoms with van der Waals surface area (Å²) in [5.41, 5.74) is -1.25. The first-order chi connectivity index (χ1) is 17.9. The third-order valence-corrected chi connectivity index (χ3v) is 7.22. The van der Waals surface area contributed by atoms with Gasteiger partial charge in [-0.1, -0.05) is 80.6 Å². The summed E-state index contributed by atoms with van der Waals surface area (Å²) in [4.78, 5) is 40.0. The van der Waals surface area contributed by atoms with Crippen LogP contribution in [0.4, 0.5) is 4.79 Å². The minimum Gasteiger partial charge on any atom is -0.480 e. The van der Waals surface area contributed by atoms with Gasteiger partial charge in [-0.3, -0.25) is 9.69 Å². The number of nitrogens with zero attached hydrogens (tertiary/aromatic N) is 1. The molecule has 2 aromatic carbocycles. The van der Waals surface area contributed by atoms with E-state index < -0.39 is 40.6 Å². The van der Waals surface area contributed by atoms with Crippen molar-refractivity contribution >= 4 is 30.2 Å². The number of likely N-dealkylation sites (tertiary alicyclic amines) is 1. The van der Waals surface area contributed by atoms with E-state index in [0.29, 0.717) is 0 Å². The monoisotopic (exact) mass is 522 g/mol. The summed E-state index contributed by atoms with van der Waals surface area (Å²) in [6.07, 6.45) is 3.53. The largest absolute Gasteiger partial charge is 0.480 e. The molecule has 0 saturated carbocycles. The number of hydrogen-bond donors (Lipinski definition) is 3. The zero-order valence-electron chi connectivity index (χ0n) is 22.7. The Kier molecular flexibility index (Phi) is 8.67. The van der Waals surface area contributed by atoms with Crippen molar-refractivity contribution in [1.29, 1.82) is 0 Å². The summed E-state index contributed by atoms with van der Waals surface area (Å²) >= 11 is 0. The van der Waals surface area contributed by atoms with E-state index in [1.165, 1.54) is 0 Å². The average molecular weight is 523 g/mol. The van der Waals surface area contributed by atoms with E-state index in [-0.39, 0.29) is 25.9 Å². The number of carbonyl (C=O) groups is 3. The Morgan fingerprint density at radius 1 is 0.974 bits per heavy atom. The predicted molar refractivity (Wildman–Crippen MR) is 146 cm³/mol. The third-order valence-electron chi connectivity index (χ3n) is 7.22. The van der Waals surface area contributed by atoms with Gasteiger partial charge in [-0.2, -0.15) is 0 Å². The van der Waals surface area contributed by atoms with Crippen molar-refractivity contribution in [2.75, 3.05) is 6.54 Å². The number of carbonyl (C=O) groups excluding carboxylic acids is 1. The Balaban J connectivity index is 1.93. The van der Waals surface area contributed by atoms with E-state index in [9.17, 15) is 24.6 Å². The maximum absolute atomic E-state index is 12.8. The molecule has 0 spiro atoms. The smallest absolute Gasteiger partial charge is 0.408 e. The van der Waals surface area contributed by atoms with Crippen LogP contribution in [-0.4, -0.2) is 56.4 Å². The SMILES string of the molecule is CCC1[C@](CC)(C(=O)O)N(Cc2ccc(C=Cc3ccccc3)cc2)C[C@@]1(NC(=O)OC(C)(C)C)C(=O)O. The number of rotatable bonds is 9. The van der Waals surface area contributed by atoms with Gasteiger partial charge in [-0.15, -0.1) is 0 Å². The predicted octanol–water partition coefficient (Wildman–Crippen LogP) is 5.28. The van der Waals surface area contributed by atoms with Crippen LogP contribution in [0.5, 0.6) is 0 Å². The van der Waals surface area contributed by atoms with Crippen molar-refractivity contribution in [2.45, 2.75) is 70.7 Å². The second-order valence-corrected chi connectivity index (χ2v) is 10.8. The van der Waals surface area contributed by atoms with E-state index in [2.05, 4.69) is 5.32 Å². The van der Waals surface area contributed by atoms with Gasteiger partial charge in [-0.25, -0.2) is 9.59 Å². The summed E-state index contributed by atoms with van der Waals surface area (Å²) in [7, 11) is 0. The molecule has 1 aliphatic heterocycles. The molecule has 3 atom stereocenters. The van der Waals surface area contributed by atoms with Crippen LogP contribution in [0.2, 0.25) is 0 Å². The molecule has 1 heterocycles. The van der Waals surface area contributed by atoms with Crippen molar-refractivity contribution in [3.05, 3.63) is 71.3 Å². The van der Waals surface area contributed by atoms with E-state index >= 15 is 0 Å². The van der Waals surface area contributed by atoms with Crippen LogP contribution in [0.1, 0.15) is 64.2 Å². The van der Waals surface area contributed by atoms with Crippen LogP contribution >= 0.6 is 0 Å². The number of carboxylic acid groups (broad SMARTS) is 2. The van der Waals surface area contributed by atoms with Crippen molar-refractivity contribution in [3.63, 3.8) is 0 Å². The number of benzene rings is 2. The molecule has 8 heteroatoms. The fourth-order valence-electron chi connectivity index (χ4n) is 5.56. The molecule has 1 aliphatic rings. The normalized spacial score (nSPS) is 23.9. The Bertz CT molecular complexity index is 1170. The Morgan fingerprint density at radius 2 is 1.55 bits per heavy atom. The lowest BCUT2D eigenvalue weighted by atomic mass is 9.72. The van der Waals surface area contributed by atoms with Crippen molar-refractivity contribution in [1.82, 2.24) is 10.2 Å². The van der Waals surface area contributed by atoms with E-state index in [0.717, 1.165) is 16.7 Å². The van der Waals surface area contributed by atoms with Crippen LogP contribution in [-0.2, 0) is 20.9 Å². The number of ether oxygens (including phenoxy) is 1. The molecule has 38 heavy (non-hydrogen) atoms. The van der Waals surface area contributed by atoms with Gasteiger partial charge in [0.15, 0.2) is 5.54 Å². The summed E-state index contributed by atoms with van der Waals surface area (Å²) in [6.45, 7) is 8.59. The molecule has 2 aromatic rings. The van der Waals surface area contributed by atoms with Gasteiger partial charge in [0, 0.05) is 19.0 Å². The second-order valence-electron chi connectivity index (χ2n) is 10.8. The fraction of sp³-hybridized carbons (Fsp3) is 0.433. The third kappa shape index (κ3) is 5.91.